The molecule has 6 rings (SSSR count). The molecule has 0 aliphatic rings. The lowest BCUT2D eigenvalue weighted by atomic mass is 10.0. The van der Waals surface area contributed by atoms with Crippen LogP contribution in [0.3, 0.4) is 0 Å². The zero-order valence-corrected chi connectivity index (χ0v) is 20.9. The van der Waals surface area contributed by atoms with Gasteiger partial charge in [-0.3, -0.25) is 14.9 Å². The second-order valence-corrected chi connectivity index (χ2v) is 8.72. The summed E-state index contributed by atoms with van der Waals surface area (Å²) < 4.78 is 25.3. The van der Waals surface area contributed by atoms with Gasteiger partial charge >= 0.3 is 0 Å². The number of nitrogens with zero attached hydrogens (tertiary/aromatic N) is 4. The predicted molar refractivity (Wildman–Crippen MR) is 148 cm³/mol. The van der Waals surface area contributed by atoms with E-state index in [-0.39, 0.29) is 17.3 Å². The van der Waals surface area contributed by atoms with Gasteiger partial charge in [-0.1, -0.05) is 36.4 Å². The summed E-state index contributed by atoms with van der Waals surface area (Å²) >= 11 is 0. The Morgan fingerprint density at radius 1 is 0.825 bits per heavy atom. The summed E-state index contributed by atoms with van der Waals surface area (Å²) in [5.41, 5.74) is 2.71. The van der Waals surface area contributed by atoms with Crippen molar-refractivity contribution in [2.45, 2.75) is 0 Å². The van der Waals surface area contributed by atoms with Crippen LogP contribution in [-0.4, -0.2) is 26.1 Å². The lowest BCUT2D eigenvalue weighted by molar-refractivity contribution is 0.0983. The highest BCUT2D eigenvalue weighted by molar-refractivity contribution is 6.12. The molecule has 3 aromatic carbocycles. The molecular formula is C30H21FN6O3. The number of halogens is 1. The maximum absolute atomic E-state index is 13.9. The van der Waals surface area contributed by atoms with Gasteiger partial charge in [0.05, 0.1) is 23.6 Å². The van der Waals surface area contributed by atoms with Crippen molar-refractivity contribution in [2.24, 2.45) is 5.84 Å². The highest BCUT2D eigenvalue weighted by Crippen LogP contribution is 2.30. The van der Waals surface area contributed by atoms with E-state index in [2.05, 4.69) is 20.2 Å². The van der Waals surface area contributed by atoms with E-state index in [1.165, 1.54) is 24.4 Å². The van der Waals surface area contributed by atoms with Gasteiger partial charge in [0.25, 0.3) is 5.91 Å². The van der Waals surface area contributed by atoms with Crippen molar-refractivity contribution >= 4 is 22.5 Å². The number of anilines is 1. The third kappa shape index (κ3) is 5.06. The van der Waals surface area contributed by atoms with Crippen LogP contribution in [0.1, 0.15) is 10.5 Å². The minimum absolute atomic E-state index is 0.0367. The van der Waals surface area contributed by atoms with Crippen LogP contribution in [0.5, 0.6) is 23.1 Å². The molecule has 0 aliphatic carbocycles. The van der Waals surface area contributed by atoms with Crippen molar-refractivity contribution < 1.29 is 18.7 Å². The topological polar surface area (TPSA) is 119 Å². The lowest BCUT2D eigenvalue weighted by Crippen LogP contribution is -2.37. The summed E-state index contributed by atoms with van der Waals surface area (Å²) in [7, 11) is 0. The van der Waals surface area contributed by atoms with Crippen molar-refractivity contribution in [3.05, 3.63) is 121 Å². The minimum atomic E-state index is -0.549. The maximum atomic E-state index is 13.9. The van der Waals surface area contributed by atoms with Crippen molar-refractivity contribution in [3.63, 3.8) is 0 Å². The second-order valence-electron chi connectivity index (χ2n) is 8.72. The summed E-state index contributed by atoms with van der Waals surface area (Å²) in [6.45, 7) is 0. The number of amides is 1. The standard InChI is InChI=1S/C30H21FN6O3/c31-25-8-4-5-9-27(25)40-28-13-11-21(17-34-28)37(32)30(38)29-24-15-19(10-12-26(24)35-36-29)20-14-23(18-33-16-20)39-22-6-2-1-3-7-22/h1-18H,32H2,(H,35,36). The smallest absolute Gasteiger partial charge is 0.293 e. The summed E-state index contributed by atoms with van der Waals surface area (Å²) in [4.78, 5) is 21.8. The summed E-state index contributed by atoms with van der Waals surface area (Å²) in [5, 5.41) is 8.61. The van der Waals surface area contributed by atoms with Gasteiger partial charge in [0.15, 0.2) is 17.3 Å². The highest BCUT2D eigenvalue weighted by Gasteiger charge is 2.21. The molecule has 0 saturated carbocycles. The van der Waals surface area contributed by atoms with Crippen LogP contribution < -0.4 is 20.3 Å². The zero-order chi connectivity index (χ0) is 27.5. The van der Waals surface area contributed by atoms with E-state index < -0.39 is 11.7 Å². The molecule has 1 amide bonds. The third-order valence-corrected chi connectivity index (χ3v) is 6.06. The third-order valence-electron chi connectivity index (χ3n) is 6.06. The van der Waals surface area contributed by atoms with E-state index in [9.17, 15) is 9.18 Å². The van der Waals surface area contributed by atoms with E-state index in [4.69, 9.17) is 15.3 Å². The number of nitrogens with one attached hydrogen (secondary N) is 1. The average Bonchev–Trinajstić information content (AvgIpc) is 3.42. The van der Waals surface area contributed by atoms with Crippen LogP contribution in [0, 0.1) is 5.82 Å². The van der Waals surface area contributed by atoms with Gasteiger partial charge in [0.2, 0.25) is 5.88 Å². The van der Waals surface area contributed by atoms with Gasteiger partial charge in [-0.25, -0.2) is 20.2 Å². The molecule has 0 bridgehead atoms. The summed E-state index contributed by atoms with van der Waals surface area (Å²) in [6, 6.07) is 25.9. The molecule has 3 heterocycles. The number of fused-ring (bicyclic) bond motifs is 1. The number of pyridine rings is 2. The molecule has 0 radical (unpaired) electrons. The van der Waals surface area contributed by atoms with Crippen LogP contribution in [0.15, 0.2) is 110 Å². The van der Waals surface area contributed by atoms with Crippen molar-refractivity contribution in [2.75, 3.05) is 5.01 Å². The van der Waals surface area contributed by atoms with Gasteiger partial charge in [0, 0.05) is 23.2 Å². The first-order valence-corrected chi connectivity index (χ1v) is 12.2. The molecule has 3 N–H and O–H groups in total. The van der Waals surface area contributed by atoms with Crippen LogP contribution in [0.2, 0.25) is 0 Å². The number of H-pyrrole nitrogens is 1. The Hall–Kier alpha value is -5.61. The fraction of sp³-hybridized carbons (Fsp3) is 0. The maximum Gasteiger partial charge on any atom is 0.293 e. The van der Waals surface area contributed by atoms with Gasteiger partial charge in [-0.2, -0.15) is 5.10 Å². The Kier molecular flexibility index (Phi) is 6.57. The van der Waals surface area contributed by atoms with E-state index in [1.54, 1.807) is 30.6 Å². The van der Waals surface area contributed by atoms with Gasteiger partial charge in [-0.05, 0) is 54.1 Å². The van der Waals surface area contributed by atoms with E-state index >= 15 is 0 Å². The normalized spacial score (nSPS) is 10.8. The number of nitrogens with two attached hydrogens (primary N) is 1. The Balaban J connectivity index is 1.23. The number of rotatable bonds is 7. The fourth-order valence-electron chi connectivity index (χ4n) is 4.06. The number of hydrazine groups is 1. The van der Waals surface area contributed by atoms with Crippen LogP contribution in [0.25, 0.3) is 22.0 Å². The SMILES string of the molecule is NN(C(=O)c1n[nH]c2ccc(-c3cncc(Oc4ccccc4)c3)cc12)c1ccc(Oc2ccccc2F)nc1. The minimum Gasteiger partial charge on any atom is -0.456 e. The number of carbonyl (C=O) groups excluding carboxylic acids is 1. The number of carbonyl (C=O) groups is 1. The largest absolute Gasteiger partial charge is 0.456 e. The predicted octanol–water partition coefficient (Wildman–Crippen LogP) is 6.26. The molecule has 10 heteroatoms. The lowest BCUT2D eigenvalue weighted by Gasteiger charge is -2.15. The zero-order valence-electron chi connectivity index (χ0n) is 20.9. The molecule has 0 aliphatic heterocycles. The highest BCUT2D eigenvalue weighted by atomic mass is 19.1. The molecule has 196 valence electrons. The van der Waals surface area contributed by atoms with Gasteiger partial charge in [-0.15, -0.1) is 0 Å². The molecule has 6 aromatic rings. The number of hydrogen-bond acceptors (Lipinski definition) is 7. The molecular weight excluding hydrogens is 511 g/mol. The van der Waals surface area contributed by atoms with E-state index in [0.29, 0.717) is 28.1 Å². The van der Waals surface area contributed by atoms with Crippen LogP contribution in [0.4, 0.5) is 10.1 Å². The Morgan fingerprint density at radius 3 is 2.45 bits per heavy atom. The van der Waals surface area contributed by atoms with E-state index in [1.807, 2.05) is 54.6 Å². The molecule has 0 spiro atoms. The fourth-order valence-corrected chi connectivity index (χ4v) is 4.06. The molecule has 0 saturated heterocycles. The Bertz CT molecular complexity index is 1810. The van der Waals surface area contributed by atoms with Crippen molar-refractivity contribution in [1.29, 1.82) is 0 Å². The Labute approximate surface area is 227 Å². The van der Waals surface area contributed by atoms with Gasteiger partial charge < -0.3 is 9.47 Å². The average molecular weight is 533 g/mol. The number of aromatic nitrogens is 4. The first-order chi connectivity index (χ1) is 19.5. The van der Waals surface area contributed by atoms with Crippen molar-refractivity contribution in [3.8, 4) is 34.3 Å². The number of hydrogen-bond donors (Lipinski definition) is 2. The monoisotopic (exact) mass is 532 g/mol. The van der Waals surface area contributed by atoms with Crippen LogP contribution in [-0.2, 0) is 0 Å². The second kappa shape index (κ2) is 10.6. The first-order valence-electron chi connectivity index (χ1n) is 12.2. The molecule has 0 atom stereocenters. The van der Waals surface area contributed by atoms with Crippen molar-refractivity contribution in [1.82, 2.24) is 20.2 Å². The number of ether oxygens (including phenoxy) is 2. The quantitative estimate of drug-likeness (QED) is 0.141. The molecule has 3 aromatic heterocycles. The number of benzene rings is 3. The summed E-state index contributed by atoms with van der Waals surface area (Å²) in [5.74, 6) is 6.55. The molecule has 0 unspecified atom stereocenters. The van der Waals surface area contributed by atoms with Gasteiger partial charge in [0.1, 0.15) is 11.5 Å². The number of para-hydroxylation sites is 2. The van der Waals surface area contributed by atoms with Crippen LogP contribution >= 0.6 is 0 Å². The number of aromatic amines is 1. The van der Waals surface area contributed by atoms with E-state index in [0.717, 1.165) is 16.1 Å². The summed E-state index contributed by atoms with van der Waals surface area (Å²) in [6.07, 6.45) is 4.71. The Morgan fingerprint density at radius 2 is 1.65 bits per heavy atom. The first kappa shape index (κ1) is 24.7. The molecule has 40 heavy (non-hydrogen) atoms. The molecule has 9 nitrogen and oxygen atoms in total. The molecule has 0 fully saturated rings.